The minimum absolute atomic E-state index is 0.00206. The van der Waals surface area contributed by atoms with Crippen molar-refractivity contribution in [3.05, 3.63) is 0 Å². The van der Waals surface area contributed by atoms with E-state index in [1.807, 2.05) is 0 Å². The fourth-order valence-electron chi connectivity index (χ4n) is 2.56. The van der Waals surface area contributed by atoms with Crippen molar-refractivity contribution >= 4 is 17.8 Å². The lowest BCUT2D eigenvalue weighted by Crippen LogP contribution is -2.49. The molecule has 2 amide bonds. The highest BCUT2D eigenvalue weighted by atomic mass is 16.4. The molecule has 2 fully saturated rings. The van der Waals surface area contributed by atoms with Gasteiger partial charge in [0, 0.05) is 26.1 Å². The molecule has 100 valence electrons. The smallest absolute Gasteiger partial charge is 0.307 e. The molecule has 0 aromatic carbocycles. The second kappa shape index (κ2) is 4.96. The Balaban J connectivity index is 1.87. The third kappa shape index (κ3) is 2.80. The summed E-state index contributed by atoms with van der Waals surface area (Å²) >= 11 is 0. The standard InChI is InChI=1S/C12H18N2O4/c1-7(15)13-8-3-2-4-14(6-8)11(16)9-5-10(9)12(17)18/h8-10H,2-6H2,1H3,(H,13,15)(H,17,18)/t8-,9-,10-/m1/s1. The molecular weight excluding hydrogens is 236 g/mol. The number of nitrogens with zero attached hydrogens (tertiary/aromatic N) is 1. The largest absolute Gasteiger partial charge is 0.481 e. The van der Waals surface area contributed by atoms with E-state index in [4.69, 9.17) is 5.11 Å². The van der Waals surface area contributed by atoms with Crippen LogP contribution in [0.15, 0.2) is 0 Å². The minimum Gasteiger partial charge on any atom is -0.481 e. The van der Waals surface area contributed by atoms with Gasteiger partial charge in [-0.3, -0.25) is 14.4 Å². The summed E-state index contributed by atoms with van der Waals surface area (Å²) in [5, 5.41) is 11.6. The second-order valence-electron chi connectivity index (χ2n) is 5.11. The quantitative estimate of drug-likeness (QED) is 0.732. The Labute approximate surface area is 105 Å². The van der Waals surface area contributed by atoms with Gasteiger partial charge in [0.05, 0.1) is 11.8 Å². The molecule has 0 spiro atoms. The summed E-state index contributed by atoms with van der Waals surface area (Å²) in [5.41, 5.74) is 0. The molecule has 2 N–H and O–H groups in total. The van der Waals surface area contributed by atoms with Crippen molar-refractivity contribution < 1.29 is 19.5 Å². The summed E-state index contributed by atoms with van der Waals surface area (Å²) < 4.78 is 0. The zero-order valence-electron chi connectivity index (χ0n) is 10.4. The van der Waals surface area contributed by atoms with Crippen LogP contribution >= 0.6 is 0 Å². The topological polar surface area (TPSA) is 86.7 Å². The first-order valence-electron chi connectivity index (χ1n) is 6.27. The van der Waals surface area contributed by atoms with E-state index >= 15 is 0 Å². The Morgan fingerprint density at radius 1 is 1.28 bits per heavy atom. The van der Waals surface area contributed by atoms with Crippen molar-refractivity contribution in [2.75, 3.05) is 13.1 Å². The third-order valence-corrected chi connectivity index (χ3v) is 3.57. The fraction of sp³-hybridized carbons (Fsp3) is 0.750. The average Bonchev–Trinajstić information content (AvgIpc) is 3.07. The van der Waals surface area contributed by atoms with Gasteiger partial charge in [0.15, 0.2) is 0 Å². The molecule has 0 unspecified atom stereocenters. The lowest BCUT2D eigenvalue weighted by molar-refractivity contribution is -0.142. The van der Waals surface area contributed by atoms with E-state index in [1.165, 1.54) is 6.92 Å². The van der Waals surface area contributed by atoms with Crippen LogP contribution in [0, 0.1) is 11.8 Å². The van der Waals surface area contributed by atoms with Gasteiger partial charge in [-0.25, -0.2) is 0 Å². The van der Waals surface area contributed by atoms with Crippen LogP contribution in [0.25, 0.3) is 0 Å². The van der Waals surface area contributed by atoms with E-state index < -0.39 is 11.9 Å². The minimum atomic E-state index is -0.885. The molecule has 0 aromatic heterocycles. The van der Waals surface area contributed by atoms with Crippen molar-refractivity contribution in [3.63, 3.8) is 0 Å². The molecule has 0 aromatic rings. The molecule has 6 heteroatoms. The summed E-state index contributed by atoms with van der Waals surface area (Å²) in [7, 11) is 0. The number of hydrogen-bond acceptors (Lipinski definition) is 3. The van der Waals surface area contributed by atoms with E-state index in [9.17, 15) is 14.4 Å². The monoisotopic (exact) mass is 254 g/mol. The van der Waals surface area contributed by atoms with Crippen molar-refractivity contribution in [2.24, 2.45) is 11.8 Å². The maximum Gasteiger partial charge on any atom is 0.307 e. The number of amides is 2. The lowest BCUT2D eigenvalue weighted by atomic mass is 10.0. The Morgan fingerprint density at radius 2 is 2.00 bits per heavy atom. The summed E-state index contributed by atoms with van der Waals surface area (Å²) in [5.74, 6) is -1.90. The van der Waals surface area contributed by atoms with Crippen molar-refractivity contribution in [3.8, 4) is 0 Å². The Kier molecular flexibility index (Phi) is 3.54. The number of aliphatic carboxylic acids is 1. The van der Waals surface area contributed by atoms with E-state index in [0.717, 1.165) is 12.8 Å². The molecule has 6 nitrogen and oxygen atoms in total. The molecule has 18 heavy (non-hydrogen) atoms. The Morgan fingerprint density at radius 3 is 2.56 bits per heavy atom. The molecule has 2 aliphatic rings. The Hall–Kier alpha value is -1.59. The molecule has 1 saturated heterocycles. The molecule has 1 saturated carbocycles. The first-order chi connectivity index (χ1) is 8.49. The second-order valence-corrected chi connectivity index (χ2v) is 5.11. The van der Waals surface area contributed by atoms with Crippen molar-refractivity contribution in [1.82, 2.24) is 10.2 Å². The first kappa shape index (κ1) is 12.9. The summed E-state index contributed by atoms with van der Waals surface area (Å²) in [6, 6.07) is 0.00206. The molecule has 1 aliphatic heterocycles. The predicted molar refractivity (Wildman–Crippen MR) is 62.7 cm³/mol. The zero-order chi connectivity index (χ0) is 13.3. The van der Waals surface area contributed by atoms with Crippen LogP contribution in [-0.4, -0.2) is 46.9 Å². The van der Waals surface area contributed by atoms with E-state index in [-0.39, 0.29) is 23.8 Å². The van der Waals surface area contributed by atoms with Gasteiger partial charge in [0.25, 0.3) is 0 Å². The lowest BCUT2D eigenvalue weighted by Gasteiger charge is -2.33. The van der Waals surface area contributed by atoms with Crippen LogP contribution in [-0.2, 0) is 14.4 Å². The van der Waals surface area contributed by atoms with Gasteiger partial charge in [-0.1, -0.05) is 0 Å². The van der Waals surface area contributed by atoms with E-state index in [0.29, 0.717) is 19.5 Å². The van der Waals surface area contributed by atoms with Crippen molar-refractivity contribution in [2.45, 2.75) is 32.2 Å². The van der Waals surface area contributed by atoms with Crippen LogP contribution in [0.5, 0.6) is 0 Å². The maximum atomic E-state index is 12.1. The highest BCUT2D eigenvalue weighted by Crippen LogP contribution is 2.40. The van der Waals surface area contributed by atoms with Crippen LogP contribution in [0.4, 0.5) is 0 Å². The number of carboxylic acid groups (broad SMARTS) is 1. The van der Waals surface area contributed by atoms with Gasteiger partial charge in [-0.15, -0.1) is 0 Å². The number of piperidine rings is 1. The zero-order valence-corrected chi connectivity index (χ0v) is 10.4. The van der Waals surface area contributed by atoms with Gasteiger partial charge in [-0.2, -0.15) is 0 Å². The summed E-state index contributed by atoms with van der Waals surface area (Å²) in [6.07, 6.45) is 2.17. The third-order valence-electron chi connectivity index (χ3n) is 3.57. The van der Waals surface area contributed by atoms with Gasteiger partial charge in [0.1, 0.15) is 0 Å². The molecule has 1 heterocycles. The number of nitrogens with one attached hydrogen (secondary N) is 1. The molecule has 3 atom stereocenters. The number of likely N-dealkylation sites (tertiary alicyclic amines) is 1. The van der Waals surface area contributed by atoms with Crippen molar-refractivity contribution in [1.29, 1.82) is 0 Å². The number of carboxylic acids is 1. The maximum absolute atomic E-state index is 12.1. The Bertz CT molecular complexity index is 382. The molecule has 2 rings (SSSR count). The molecule has 0 radical (unpaired) electrons. The summed E-state index contributed by atoms with van der Waals surface area (Å²) in [6.45, 7) is 2.63. The van der Waals surface area contributed by atoms with Gasteiger partial charge >= 0.3 is 5.97 Å². The van der Waals surface area contributed by atoms with Crippen LogP contribution in [0.1, 0.15) is 26.2 Å². The number of rotatable bonds is 3. The SMILES string of the molecule is CC(=O)N[C@@H]1CCCN(C(=O)[C@@H]2C[C@H]2C(=O)O)C1. The number of hydrogen-bond donors (Lipinski definition) is 2. The van der Waals surface area contributed by atoms with Crippen LogP contribution in [0.3, 0.4) is 0 Å². The number of carbonyl (C=O) groups excluding carboxylic acids is 2. The van der Waals surface area contributed by atoms with E-state index in [2.05, 4.69) is 5.32 Å². The number of carbonyl (C=O) groups is 3. The van der Waals surface area contributed by atoms with E-state index in [1.54, 1.807) is 4.90 Å². The summed E-state index contributed by atoms with van der Waals surface area (Å²) in [4.78, 5) is 35.5. The normalized spacial score (nSPS) is 30.7. The highest BCUT2D eigenvalue weighted by molar-refractivity contribution is 5.89. The fourth-order valence-corrected chi connectivity index (χ4v) is 2.56. The molecule has 0 bridgehead atoms. The predicted octanol–water partition coefficient (Wildman–Crippen LogP) is -0.166. The molecule has 1 aliphatic carbocycles. The highest BCUT2D eigenvalue weighted by Gasteiger charge is 2.50. The van der Waals surface area contributed by atoms with Gasteiger partial charge in [0.2, 0.25) is 11.8 Å². The average molecular weight is 254 g/mol. The van der Waals surface area contributed by atoms with Crippen LogP contribution in [0.2, 0.25) is 0 Å². The van der Waals surface area contributed by atoms with Crippen LogP contribution < -0.4 is 5.32 Å². The molecular formula is C12H18N2O4. The first-order valence-corrected chi connectivity index (χ1v) is 6.27. The van der Waals surface area contributed by atoms with Gasteiger partial charge in [-0.05, 0) is 19.3 Å². The van der Waals surface area contributed by atoms with Gasteiger partial charge < -0.3 is 15.3 Å².